The van der Waals surface area contributed by atoms with Crippen LogP contribution in [0, 0.1) is 11.3 Å². The SMILES string of the molecule is N#Cc1ccc(Br)cc1Nc1ncc(Br)cc1Br. The fourth-order valence-electron chi connectivity index (χ4n) is 1.35. The highest BCUT2D eigenvalue weighted by Crippen LogP contribution is 2.29. The molecule has 0 amide bonds. The van der Waals surface area contributed by atoms with Crippen molar-refractivity contribution in [3.63, 3.8) is 0 Å². The molecule has 3 nitrogen and oxygen atoms in total. The number of aromatic nitrogens is 1. The Bertz CT molecular complexity index is 635. The van der Waals surface area contributed by atoms with E-state index in [4.69, 9.17) is 5.26 Å². The minimum atomic E-state index is 0.565. The van der Waals surface area contributed by atoms with E-state index in [2.05, 4.69) is 64.2 Å². The summed E-state index contributed by atoms with van der Waals surface area (Å²) in [6.45, 7) is 0. The van der Waals surface area contributed by atoms with Crippen molar-refractivity contribution in [3.8, 4) is 6.07 Å². The van der Waals surface area contributed by atoms with Gasteiger partial charge in [0.25, 0.3) is 0 Å². The van der Waals surface area contributed by atoms with Crippen molar-refractivity contribution in [1.82, 2.24) is 4.98 Å². The van der Waals surface area contributed by atoms with E-state index < -0.39 is 0 Å². The second kappa shape index (κ2) is 5.83. The van der Waals surface area contributed by atoms with Gasteiger partial charge in [0.05, 0.1) is 15.7 Å². The van der Waals surface area contributed by atoms with Gasteiger partial charge in [0.2, 0.25) is 0 Å². The molecule has 0 aliphatic carbocycles. The average molecular weight is 432 g/mol. The van der Waals surface area contributed by atoms with E-state index in [1.54, 1.807) is 12.3 Å². The van der Waals surface area contributed by atoms with Crippen LogP contribution < -0.4 is 5.32 Å². The van der Waals surface area contributed by atoms with Crippen LogP contribution in [0.3, 0.4) is 0 Å². The Kier molecular flexibility index (Phi) is 4.38. The first-order chi connectivity index (χ1) is 8.60. The summed E-state index contributed by atoms with van der Waals surface area (Å²) in [6, 6.07) is 9.44. The smallest absolute Gasteiger partial charge is 0.144 e. The van der Waals surface area contributed by atoms with Crippen molar-refractivity contribution in [2.75, 3.05) is 5.32 Å². The Balaban J connectivity index is 2.40. The van der Waals surface area contributed by atoms with Crippen molar-refractivity contribution >= 4 is 59.3 Å². The highest BCUT2D eigenvalue weighted by atomic mass is 79.9. The Hall–Kier alpha value is -0.900. The first-order valence-corrected chi connectivity index (χ1v) is 7.26. The van der Waals surface area contributed by atoms with E-state index in [0.29, 0.717) is 17.1 Å². The number of halogens is 3. The van der Waals surface area contributed by atoms with Gasteiger partial charge in [-0.15, -0.1) is 0 Å². The summed E-state index contributed by atoms with van der Waals surface area (Å²) in [4.78, 5) is 4.25. The molecule has 2 aromatic rings. The molecule has 1 aromatic carbocycles. The van der Waals surface area contributed by atoms with Gasteiger partial charge in [-0.3, -0.25) is 0 Å². The molecule has 0 saturated heterocycles. The van der Waals surface area contributed by atoms with Crippen LogP contribution in [0.1, 0.15) is 5.56 Å². The van der Waals surface area contributed by atoms with Gasteiger partial charge in [-0.2, -0.15) is 5.26 Å². The zero-order valence-corrected chi connectivity index (χ0v) is 13.7. The van der Waals surface area contributed by atoms with Gasteiger partial charge in [-0.05, 0) is 56.1 Å². The van der Waals surface area contributed by atoms with Crippen LogP contribution in [-0.2, 0) is 0 Å². The lowest BCUT2D eigenvalue weighted by molar-refractivity contribution is 1.27. The molecule has 90 valence electrons. The molecule has 0 bridgehead atoms. The lowest BCUT2D eigenvalue weighted by atomic mass is 10.2. The second-order valence-electron chi connectivity index (χ2n) is 3.41. The van der Waals surface area contributed by atoms with Gasteiger partial charge >= 0.3 is 0 Å². The first kappa shape index (κ1) is 13.5. The topological polar surface area (TPSA) is 48.7 Å². The van der Waals surface area contributed by atoms with Crippen LogP contribution in [-0.4, -0.2) is 4.98 Å². The van der Waals surface area contributed by atoms with Crippen molar-refractivity contribution < 1.29 is 0 Å². The van der Waals surface area contributed by atoms with E-state index in [1.807, 2.05) is 18.2 Å². The number of anilines is 2. The van der Waals surface area contributed by atoms with Crippen molar-refractivity contribution in [2.45, 2.75) is 0 Å². The quantitative estimate of drug-likeness (QED) is 0.729. The molecule has 2 rings (SSSR count). The van der Waals surface area contributed by atoms with Crippen molar-refractivity contribution in [3.05, 3.63) is 49.4 Å². The second-order valence-corrected chi connectivity index (χ2v) is 6.10. The third-order valence-electron chi connectivity index (χ3n) is 2.16. The molecule has 0 saturated carbocycles. The Morgan fingerprint density at radius 2 is 1.89 bits per heavy atom. The minimum Gasteiger partial charge on any atom is -0.338 e. The minimum absolute atomic E-state index is 0.565. The molecule has 0 fully saturated rings. The summed E-state index contributed by atoms with van der Waals surface area (Å²) in [5.41, 5.74) is 1.28. The fraction of sp³-hybridized carbons (Fsp3) is 0. The Labute approximate surface area is 130 Å². The van der Waals surface area contributed by atoms with E-state index in [9.17, 15) is 0 Å². The number of hydrogen-bond donors (Lipinski definition) is 1. The van der Waals surface area contributed by atoms with E-state index in [0.717, 1.165) is 13.4 Å². The summed E-state index contributed by atoms with van der Waals surface area (Å²) in [7, 11) is 0. The average Bonchev–Trinajstić information content (AvgIpc) is 2.33. The molecule has 18 heavy (non-hydrogen) atoms. The number of hydrogen-bond acceptors (Lipinski definition) is 3. The summed E-state index contributed by atoms with van der Waals surface area (Å²) in [5, 5.41) is 12.2. The molecule has 0 aliphatic rings. The molecule has 0 spiro atoms. The number of pyridine rings is 1. The maximum atomic E-state index is 9.06. The number of benzene rings is 1. The highest BCUT2D eigenvalue weighted by molar-refractivity contribution is 9.11. The van der Waals surface area contributed by atoms with Crippen LogP contribution in [0.15, 0.2) is 43.9 Å². The van der Waals surface area contributed by atoms with E-state index >= 15 is 0 Å². The predicted octanol–water partition coefficient (Wildman–Crippen LogP) is 4.98. The zero-order chi connectivity index (χ0) is 13.1. The van der Waals surface area contributed by atoms with E-state index in [-0.39, 0.29) is 0 Å². The molecular weight excluding hydrogens is 426 g/mol. The van der Waals surface area contributed by atoms with Gasteiger partial charge in [0.15, 0.2) is 0 Å². The maximum Gasteiger partial charge on any atom is 0.144 e. The number of nitrogens with zero attached hydrogens (tertiary/aromatic N) is 2. The third-order valence-corrected chi connectivity index (χ3v) is 3.69. The maximum absolute atomic E-state index is 9.06. The monoisotopic (exact) mass is 429 g/mol. The number of nitriles is 1. The molecular formula is C12H6Br3N3. The summed E-state index contributed by atoms with van der Waals surface area (Å²) >= 11 is 10.1. The van der Waals surface area contributed by atoms with Gasteiger partial charge in [0, 0.05) is 15.1 Å². The summed E-state index contributed by atoms with van der Waals surface area (Å²) < 4.78 is 2.60. The van der Waals surface area contributed by atoms with Gasteiger partial charge in [-0.25, -0.2) is 4.98 Å². The van der Waals surface area contributed by atoms with Gasteiger partial charge < -0.3 is 5.32 Å². The molecule has 0 unspecified atom stereocenters. The lowest BCUT2D eigenvalue weighted by Gasteiger charge is -2.09. The zero-order valence-electron chi connectivity index (χ0n) is 8.92. The van der Waals surface area contributed by atoms with Crippen LogP contribution in [0.25, 0.3) is 0 Å². The lowest BCUT2D eigenvalue weighted by Crippen LogP contribution is -1.97. The van der Waals surface area contributed by atoms with Crippen LogP contribution in [0.5, 0.6) is 0 Å². The largest absolute Gasteiger partial charge is 0.338 e. The third kappa shape index (κ3) is 3.10. The standard InChI is InChI=1S/C12H6Br3N3/c13-8-2-1-7(5-16)11(4-8)18-12-10(15)3-9(14)6-17-12/h1-4,6H,(H,17,18). The van der Waals surface area contributed by atoms with Crippen LogP contribution in [0.4, 0.5) is 11.5 Å². The molecule has 6 heteroatoms. The molecule has 1 N–H and O–H groups in total. The van der Waals surface area contributed by atoms with Crippen molar-refractivity contribution in [1.29, 1.82) is 5.26 Å². The normalized spacial score (nSPS) is 9.89. The molecule has 0 aliphatic heterocycles. The number of nitrogens with one attached hydrogen (secondary N) is 1. The first-order valence-electron chi connectivity index (χ1n) is 4.88. The fourth-order valence-corrected chi connectivity index (χ4v) is 2.80. The molecule has 1 heterocycles. The van der Waals surface area contributed by atoms with E-state index in [1.165, 1.54) is 0 Å². The molecule has 0 atom stereocenters. The highest BCUT2D eigenvalue weighted by Gasteiger charge is 2.07. The van der Waals surface area contributed by atoms with Crippen LogP contribution >= 0.6 is 47.8 Å². The van der Waals surface area contributed by atoms with Gasteiger partial charge in [-0.1, -0.05) is 15.9 Å². The Morgan fingerprint density at radius 3 is 2.56 bits per heavy atom. The Morgan fingerprint density at radius 1 is 1.11 bits per heavy atom. The van der Waals surface area contributed by atoms with Crippen molar-refractivity contribution in [2.24, 2.45) is 0 Å². The molecule has 0 radical (unpaired) electrons. The van der Waals surface area contributed by atoms with Gasteiger partial charge in [0.1, 0.15) is 11.9 Å². The summed E-state index contributed by atoms with van der Waals surface area (Å²) in [5.74, 6) is 0.660. The molecule has 1 aromatic heterocycles. The number of rotatable bonds is 2. The van der Waals surface area contributed by atoms with Crippen LogP contribution in [0.2, 0.25) is 0 Å². The summed E-state index contributed by atoms with van der Waals surface area (Å²) in [6.07, 6.45) is 1.69. The predicted molar refractivity (Wildman–Crippen MR) is 81.8 cm³/mol.